The molecule has 11 heteroatoms. The maximum absolute atomic E-state index is 14.6. The van der Waals surface area contributed by atoms with Gasteiger partial charge in [0.15, 0.2) is 0 Å². The van der Waals surface area contributed by atoms with Crippen molar-refractivity contribution in [3.63, 3.8) is 0 Å². The van der Waals surface area contributed by atoms with E-state index in [1.54, 1.807) is 39.0 Å². The van der Waals surface area contributed by atoms with Crippen LogP contribution in [0.25, 0.3) is 11.3 Å². The van der Waals surface area contributed by atoms with Crippen LogP contribution in [0.2, 0.25) is 0 Å². The second-order valence-electron chi connectivity index (χ2n) is 10.5. The monoisotopic (exact) mass is 605 g/mol. The first kappa shape index (κ1) is 26.4. The van der Waals surface area contributed by atoms with Gasteiger partial charge in [-0.2, -0.15) is 5.10 Å². The summed E-state index contributed by atoms with van der Waals surface area (Å²) in [5.41, 5.74) is 5.82. The summed E-state index contributed by atoms with van der Waals surface area (Å²) in [7, 11) is 0. The van der Waals surface area contributed by atoms with E-state index in [4.69, 9.17) is 0 Å². The molecule has 1 fully saturated rings. The van der Waals surface area contributed by atoms with Crippen LogP contribution in [0.15, 0.2) is 53.3 Å². The summed E-state index contributed by atoms with van der Waals surface area (Å²) in [6.07, 6.45) is 3.99. The Morgan fingerprint density at radius 2 is 1.93 bits per heavy atom. The fourth-order valence-electron chi connectivity index (χ4n) is 5.50. The Kier molecular flexibility index (Phi) is 6.77. The molecule has 6 rings (SSSR count). The number of hydrogen-bond donors (Lipinski definition) is 0. The first-order valence-electron chi connectivity index (χ1n) is 13.3. The van der Waals surface area contributed by atoms with Crippen molar-refractivity contribution in [1.29, 1.82) is 0 Å². The zero-order valence-corrected chi connectivity index (χ0v) is 24.1. The minimum Gasteiger partial charge on any atom is -0.334 e. The lowest BCUT2D eigenvalue weighted by Gasteiger charge is -2.30. The van der Waals surface area contributed by atoms with Crippen LogP contribution >= 0.6 is 15.9 Å². The molecule has 2 aliphatic rings. The Hall–Kier alpha value is -3.86. The summed E-state index contributed by atoms with van der Waals surface area (Å²) < 4.78 is 18.7. The Morgan fingerprint density at radius 1 is 1.10 bits per heavy atom. The molecular weight excluding hydrogens is 577 g/mol. The van der Waals surface area contributed by atoms with Gasteiger partial charge < -0.3 is 9.80 Å². The van der Waals surface area contributed by atoms with E-state index in [9.17, 15) is 14.0 Å². The van der Waals surface area contributed by atoms with Gasteiger partial charge in [0.2, 0.25) is 11.8 Å². The van der Waals surface area contributed by atoms with E-state index in [0.717, 1.165) is 22.5 Å². The summed E-state index contributed by atoms with van der Waals surface area (Å²) in [5.74, 6) is -1.32. The number of nitrogens with zero attached hydrogens (tertiary/aromatic N) is 7. The molecule has 2 amide bonds. The summed E-state index contributed by atoms with van der Waals surface area (Å²) in [5, 5.41) is 13.1. The first-order valence-corrected chi connectivity index (χ1v) is 14.1. The smallest absolute Gasteiger partial charge is 0.239 e. The van der Waals surface area contributed by atoms with Gasteiger partial charge in [-0.25, -0.2) is 9.07 Å². The van der Waals surface area contributed by atoms with Crippen molar-refractivity contribution in [2.45, 2.75) is 46.3 Å². The number of anilines is 1. The average molecular weight is 606 g/mol. The topological polar surface area (TPSA) is 89.2 Å². The molecule has 4 heterocycles. The molecule has 40 heavy (non-hydrogen) atoms. The third kappa shape index (κ3) is 4.61. The van der Waals surface area contributed by atoms with Crippen molar-refractivity contribution in [2.24, 2.45) is 5.92 Å². The highest BCUT2D eigenvalue weighted by Gasteiger charge is 2.41. The predicted octanol–water partition coefficient (Wildman–Crippen LogP) is 4.66. The maximum Gasteiger partial charge on any atom is 0.239 e. The van der Waals surface area contributed by atoms with Gasteiger partial charge in [0.05, 0.1) is 37.2 Å². The first-order chi connectivity index (χ1) is 19.2. The Bertz CT molecular complexity index is 1630. The summed E-state index contributed by atoms with van der Waals surface area (Å²) >= 11 is 3.29. The van der Waals surface area contributed by atoms with Gasteiger partial charge in [-0.3, -0.25) is 14.3 Å². The van der Waals surface area contributed by atoms with Gasteiger partial charge in [-0.1, -0.05) is 33.3 Å². The number of amides is 2. The van der Waals surface area contributed by atoms with Gasteiger partial charge in [0.25, 0.3) is 0 Å². The molecule has 2 aromatic heterocycles. The number of fused-ring (bicyclic) bond motifs is 1. The van der Waals surface area contributed by atoms with Gasteiger partial charge in [-0.05, 0) is 62.6 Å². The number of rotatable bonds is 5. The van der Waals surface area contributed by atoms with Crippen molar-refractivity contribution in [3.05, 3.63) is 81.5 Å². The second kappa shape index (κ2) is 10.3. The lowest BCUT2D eigenvalue weighted by Crippen LogP contribution is -2.44. The highest BCUT2D eigenvalue weighted by Crippen LogP contribution is 2.31. The maximum atomic E-state index is 14.6. The van der Waals surface area contributed by atoms with Crippen molar-refractivity contribution in [1.82, 2.24) is 29.7 Å². The van der Waals surface area contributed by atoms with Crippen LogP contribution in [0.1, 0.15) is 41.8 Å². The Balaban J connectivity index is 1.19. The van der Waals surface area contributed by atoms with Crippen LogP contribution in [-0.2, 0) is 22.7 Å². The van der Waals surface area contributed by atoms with Crippen molar-refractivity contribution in [3.8, 4) is 11.3 Å². The van der Waals surface area contributed by atoms with Crippen molar-refractivity contribution >= 4 is 33.4 Å². The number of aromatic nitrogens is 5. The van der Waals surface area contributed by atoms with Gasteiger partial charge in [0, 0.05) is 34.4 Å². The third-order valence-electron chi connectivity index (χ3n) is 8.08. The number of aryl methyl sites for hydroxylation is 2. The van der Waals surface area contributed by atoms with E-state index in [-0.39, 0.29) is 23.7 Å². The van der Waals surface area contributed by atoms with E-state index in [0.29, 0.717) is 48.3 Å². The molecule has 0 spiro atoms. The zero-order valence-electron chi connectivity index (χ0n) is 22.5. The second-order valence-corrected chi connectivity index (χ2v) is 11.4. The molecule has 2 aliphatic heterocycles. The van der Waals surface area contributed by atoms with E-state index >= 15 is 0 Å². The Labute approximate surface area is 239 Å². The van der Waals surface area contributed by atoms with E-state index in [2.05, 4.69) is 31.3 Å². The highest BCUT2D eigenvalue weighted by atomic mass is 79.9. The molecule has 2 aromatic carbocycles. The Morgan fingerprint density at radius 3 is 2.70 bits per heavy atom. The van der Waals surface area contributed by atoms with Crippen LogP contribution < -0.4 is 4.90 Å². The molecule has 9 nitrogen and oxygen atoms in total. The highest BCUT2D eigenvalue weighted by molar-refractivity contribution is 9.10. The molecule has 1 saturated heterocycles. The number of benzene rings is 2. The molecule has 0 radical (unpaired) electrons. The molecule has 0 aliphatic carbocycles. The standard InChI is InChI=1S/C29H29BrFN7O2/c1-17-4-6-21(12-18(17)2)36-9-8-23(29(36)40)28(39)35-10-11-37-27(16-35)24(14-32-37)26-15-38(34-33-26)19(3)22-7-5-20(30)13-25(22)31/h4-7,12-15,19,23H,8-11,16H2,1-3H3/t19-,23?/m0/s1. The van der Waals surface area contributed by atoms with Crippen LogP contribution in [0.4, 0.5) is 10.1 Å². The molecule has 0 N–H and O–H groups in total. The summed E-state index contributed by atoms with van der Waals surface area (Å²) in [6, 6.07) is 10.5. The molecule has 206 valence electrons. The van der Waals surface area contributed by atoms with Crippen molar-refractivity contribution < 1.29 is 14.0 Å². The van der Waals surface area contributed by atoms with Gasteiger partial charge in [0.1, 0.15) is 17.4 Å². The van der Waals surface area contributed by atoms with Gasteiger partial charge >= 0.3 is 0 Å². The quantitative estimate of drug-likeness (QED) is 0.309. The van der Waals surface area contributed by atoms with Crippen LogP contribution in [0, 0.1) is 25.6 Å². The summed E-state index contributed by atoms with van der Waals surface area (Å²) in [4.78, 5) is 30.4. The number of hydrogen-bond acceptors (Lipinski definition) is 5. The zero-order chi connectivity index (χ0) is 28.1. The van der Waals surface area contributed by atoms with Gasteiger partial charge in [-0.15, -0.1) is 5.10 Å². The normalized spacial score (nSPS) is 17.8. The number of carbonyl (C=O) groups is 2. The molecule has 1 unspecified atom stereocenters. The number of carbonyl (C=O) groups excluding carboxylic acids is 2. The van der Waals surface area contributed by atoms with E-state index in [1.165, 1.54) is 11.6 Å². The third-order valence-corrected chi connectivity index (χ3v) is 8.58. The lowest BCUT2D eigenvalue weighted by molar-refractivity contribution is -0.141. The molecule has 4 aromatic rings. The molecule has 0 saturated carbocycles. The fraction of sp³-hybridized carbons (Fsp3) is 0.345. The largest absolute Gasteiger partial charge is 0.334 e. The average Bonchev–Trinajstić information content (AvgIpc) is 3.67. The predicted molar refractivity (Wildman–Crippen MR) is 151 cm³/mol. The van der Waals surface area contributed by atoms with E-state index in [1.807, 2.05) is 43.7 Å². The number of halogens is 2. The van der Waals surface area contributed by atoms with Crippen LogP contribution in [0.3, 0.4) is 0 Å². The molecular formula is C29H29BrFN7O2. The fourth-order valence-corrected chi connectivity index (χ4v) is 5.83. The minimum absolute atomic E-state index is 0.148. The van der Waals surface area contributed by atoms with Crippen molar-refractivity contribution in [2.75, 3.05) is 18.0 Å². The minimum atomic E-state index is -0.693. The molecule has 0 bridgehead atoms. The van der Waals surface area contributed by atoms with Crippen LogP contribution in [-0.4, -0.2) is 54.6 Å². The summed E-state index contributed by atoms with van der Waals surface area (Å²) in [6.45, 7) is 7.77. The lowest BCUT2D eigenvalue weighted by atomic mass is 10.0. The SMILES string of the molecule is Cc1ccc(N2CCC(C(=O)N3CCn4ncc(-c5cn([C@@H](C)c6ccc(Br)cc6F)nn5)c4C3)C2=O)cc1C. The van der Waals surface area contributed by atoms with E-state index < -0.39 is 5.92 Å². The van der Waals surface area contributed by atoms with Crippen LogP contribution in [0.5, 0.6) is 0 Å². The molecule has 2 atom stereocenters.